The van der Waals surface area contributed by atoms with Crippen LogP contribution in [0.2, 0.25) is 5.28 Å². The van der Waals surface area contributed by atoms with E-state index in [1.165, 1.54) is 4.90 Å². The zero-order valence-electron chi connectivity index (χ0n) is 23.9. The number of nitrogens with one attached hydrogen (secondary N) is 2. The molecule has 3 aromatic rings. The van der Waals surface area contributed by atoms with Gasteiger partial charge >= 0.3 is 6.09 Å². The molecule has 0 radical (unpaired) electrons. The molecule has 12 heteroatoms. The van der Waals surface area contributed by atoms with Crippen LogP contribution in [0.1, 0.15) is 52.0 Å². The van der Waals surface area contributed by atoms with E-state index in [9.17, 15) is 14.4 Å². The summed E-state index contributed by atoms with van der Waals surface area (Å²) in [6, 6.07) is 13.5. The topological polar surface area (TPSA) is 143 Å². The van der Waals surface area contributed by atoms with Crippen LogP contribution in [-0.4, -0.2) is 51.3 Å². The van der Waals surface area contributed by atoms with Crippen molar-refractivity contribution in [2.75, 3.05) is 11.4 Å². The Balaban J connectivity index is 1.47. The Morgan fingerprint density at radius 3 is 2.29 bits per heavy atom. The summed E-state index contributed by atoms with van der Waals surface area (Å²) >= 11 is 9.29. The minimum absolute atomic E-state index is 0.164. The number of rotatable bonds is 8. The van der Waals surface area contributed by atoms with E-state index in [-0.39, 0.29) is 29.4 Å². The first-order valence-electron chi connectivity index (χ1n) is 13.9. The van der Waals surface area contributed by atoms with Crippen LogP contribution < -0.4 is 16.0 Å². The number of ether oxygens (including phenoxy) is 1. The number of benzene rings is 2. The predicted octanol–water partition coefficient (Wildman–Crippen LogP) is 5.65. The Labute approximate surface area is 258 Å². The van der Waals surface area contributed by atoms with Crippen molar-refractivity contribution in [1.82, 2.24) is 20.5 Å². The number of alkyl carbamates (subject to hydrolysis) is 1. The third-order valence-corrected chi connectivity index (χ3v) is 7.81. The van der Waals surface area contributed by atoms with Crippen LogP contribution >= 0.6 is 27.5 Å². The van der Waals surface area contributed by atoms with E-state index in [1.807, 2.05) is 45.0 Å². The van der Waals surface area contributed by atoms with E-state index < -0.39 is 23.6 Å². The highest BCUT2D eigenvalue weighted by Crippen LogP contribution is 2.32. The van der Waals surface area contributed by atoms with Crippen LogP contribution in [0.4, 0.5) is 10.5 Å². The van der Waals surface area contributed by atoms with Gasteiger partial charge in [0.2, 0.25) is 11.2 Å². The molecular weight excluding hydrogens is 624 g/mol. The van der Waals surface area contributed by atoms with Crippen LogP contribution in [-0.2, 0) is 20.7 Å². The Bertz CT molecular complexity index is 1380. The van der Waals surface area contributed by atoms with Gasteiger partial charge in [-0.3, -0.25) is 9.59 Å². The first-order chi connectivity index (χ1) is 19.9. The van der Waals surface area contributed by atoms with Gasteiger partial charge in [-0.15, -0.1) is 10.2 Å². The van der Waals surface area contributed by atoms with Crippen molar-refractivity contribution in [2.45, 2.75) is 64.5 Å². The van der Waals surface area contributed by atoms with E-state index in [0.29, 0.717) is 36.5 Å². The van der Waals surface area contributed by atoms with Gasteiger partial charge in [-0.2, -0.15) is 0 Å². The number of H-pyrrole nitrogens is 1. The number of nitrogens with zero attached hydrogens (tertiary/aromatic N) is 3. The molecule has 1 heterocycles. The Morgan fingerprint density at radius 1 is 1.07 bits per heavy atom. The standard InChI is InChI=1S/C30H36BrClN6O4/c1-30(2,3)42-29(41)34-17-19-4-8-21(9-5-19)26(39)38(27(40)24(33)16-18-6-12-22(31)13-7-18)23-14-10-20(11-15-23)25-35-28(32)37-36-25/h6-7,10-15,19,21,24H,4-5,8-9,16-17,33H2,1-3H3,(H,34,41)(H,35,36,37)/t19-,21-,24-/m0/s1. The molecule has 1 atom stereocenters. The van der Waals surface area contributed by atoms with Crippen LogP contribution in [0.25, 0.3) is 11.4 Å². The molecule has 1 aliphatic rings. The monoisotopic (exact) mass is 658 g/mol. The van der Waals surface area contributed by atoms with Crippen molar-refractivity contribution in [2.24, 2.45) is 17.6 Å². The number of amides is 3. The lowest BCUT2D eigenvalue weighted by molar-refractivity contribution is -0.130. The van der Waals surface area contributed by atoms with Crippen LogP contribution in [0.3, 0.4) is 0 Å². The van der Waals surface area contributed by atoms with Gasteiger partial charge in [0.1, 0.15) is 5.60 Å². The van der Waals surface area contributed by atoms with Crippen molar-refractivity contribution >= 4 is 51.1 Å². The van der Waals surface area contributed by atoms with Crippen LogP contribution in [0, 0.1) is 11.8 Å². The fourth-order valence-corrected chi connectivity index (χ4v) is 5.36. The molecule has 1 fully saturated rings. The Kier molecular flexibility index (Phi) is 10.4. The SMILES string of the molecule is CC(C)(C)OC(=O)NC[C@H]1CC[C@H](C(=O)N(C(=O)[C@@H](N)Cc2ccc(Br)cc2)c2ccc(-c3nnc(Cl)[nH]3)cc2)CC1. The zero-order valence-corrected chi connectivity index (χ0v) is 26.2. The number of aromatic amines is 1. The first-order valence-corrected chi connectivity index (χ1v) is 15.1. The second-order valence-corrected chi connectivity index (χ2v) is 12.8. The molecule has 42 heavy (non-hydrogen) atoms. The number of carbonyl (C=O) groups is 3. The lowest BCUT2D eigenvalue weighted by Crippen LogP contribution is -2.50. The maximum atomic E-state index is 13.9. The summed E-state index contributed by atoms with van der Waals surface area (Å²) in [5, 5.41) is 10.8. The van der Waals surface area contributed by atoms with E-state index >= 15 is 0 Å². The minimum atomic E-state index is -0.919. The Morgan fingerprint density at radius 2 is 1.71 bits per heavy atom. The second-order valence-electron chi connectivity index (χ2n) is 11.6. The molecule has 0 unspecified atom stereocenters. The van der Waals surface area contributed by atoms with Gasteiger partial charge in [0.15, 0.2) is 5.82 Å². The molecule has 1 saturated carbocycles. The predicted molar refractivity (Wildman–Crippen MR) is 165 cm³/mol. The highest BCUT2D eigenvalue weighted by atomic mass is 79.9. The third-order valence-electron chi connectivity index (χ3n) is 7.12. The summed E-state index contributed by atoms with van der Waals surface area (Å²) in [6.45, 7) is 5.93. The fourth-order valence-electron chi connectivity index (χ4n) is 4.97. The summed E-state index contributed by atoms with van der Waals surface area (Å²) in [6.07, 6.45) is 2.51. The fraction of sp³-hybridized carbons (Fsp3) is 0.433. The Hall–Kier alpha value is -3.28. The van der Waals surface area contributed by atoms with Crippen molar-refractivity contribution in [3.63, 3.8) is 0 Å². The molecule has 10 nitrogen and oxygen atoms in total. The van der Waals surface area contributed by atoms with Gasteiger partial charge in [-0.25, -0.2) is 9.69 Å². The van der Waals surface area contributed by atoms with Gasteiger partial charge < -0.3 is 20.8 Å². The van der Waals surface area contributed by atoms with Gasteiger partial charge in [-0.05, 0) is 112 Å². The molecule has 1 aromatic heterocycles. The van der Waals surface area contributed by atoms with Gasteiger partial charge in [0.05, 0.1) is 11.7 Å². The third kappa shape index (κ3) is 8.62. The lowest BCUT2D eigenvalue weighted by Gasteiger charge is -2.32. The summed E-state index contributed by atoms with van der Waals surface area (Å²) < 4.78 is 6.25. The van der Waals surface area contributed by atoms with Gasteiger partial charge in [0.25, 0.3) is 5.91 Å². The number of hydrogen-bond donors (Lipinski definition) is 3. The molecule has 0 aliphatic heterocycles. The summed E-state index contributed by atoms with van der Waals surface area (Å²) in [7, 11) is 0. The zero-order chi connectivity index (χ0) is 30.4. The molecule has 1 aliphatic carbocycles. The van der Waals surface area contributed by atoms with E-state index in [1.54, 1.807) is 24.3 Å². The van der Waals surface area contributed by atoms with E-state index in [2.05, 4.69) is 36.4 Å². The van der Waals surface area contributed by atoms with Crippen LogP contribution in [0.5, 0.6) is 0 Å². The lowest BCUT2D eigenvalue weighted by atomic mass is 9.81. The number of imide groups is 1. The molecule has 4 rings (SSSR count). The molecule has 0 bridgehead atoms. The van der Waals surface area contributed by atoms with Crippen LogP contribution in [0.15, 0.2) is 53.0 Å². The summed E-state index contributed by atoms with van der Waals surface area (Å²) in [5.41, 5.74) is 7.86. The molecule has 2 aromatic carbocycles. The number of halogens is 2. The van der Waals surface area contributed by atoms with Crippen molar-refractivity contribution in [1.29, 1.82) is 0 Å². The average molecular weight is 660 g/mol. The average Bonchev–Trinajstić information content (AvgIpc) is 3.39. The molecule has 3 amide bonds. The highest BCUT2D eigenvalue weighted by molar-refractivity contribution is 9.10. The highest BCUT2D eigenvalue weighted by Gasteiger charge is 2.35. The molecule has 224 valence electrons. The van der Waals surface area contributed by atoms with Crippen molar-refractivity contribution < 1.29 is 19.1 Å². The normalized spacial score (nSPS) is 17.8. The number of aromatic nitrogens is 3. The quantitative estimate of drug-likeness (QED) is 0.284. The van der Waals surface area contributed by atoms with E-state index in [4.69, 9.17) is 22.1 Å². The molecule has 0 saturated heterocycles. The molecule has 0 spiro atoms. The van der Waals surface area contributed by atoms with Crippen molar-refractivity contribution in [3.8, 4) is 11.4 Å². The summed E-state index contributed by atoms with van der Waals surface area (Å²) in [4.78, 5) is 43.9. The summed E-state index contributed by atoms with van der Waals surface area (Å²) in [5.74, 6) is -0.397. The van der Waals surface area contributed by atoms with Gasteiger partial charge in [-0.1, -0.05) is 28.1 Å². The largest absolute Gasteiger partial charge is 0.444 e. The van der Waals surface area contributed by atoms with Crippen molar-refractivity contribution in [3.05, 3.63) is 63.9 Å². The van der Waals surface area contributed by atoms with E-state index in [0.717, 1.165) is 22.9 Å². The smallest absolute Gasteiger partial charge is 0.407 e. The number of anilines is 1. The maximum Gasteiger partial charge on any atom is 0.407 e. The second kappa shape index (κ2) is 13.8. The maximum absolute atomic E-state index is 13.9. The first kappa shape index (κ1) is 31.7. The molecular formula is C30H36BrClN6O4. The number of hydrogen-bond acceptors (Lipinski definition) is 7. The minimum Gasteiger partial charge on any atom is -0.444 e. The number of carbonyl (C=O) groups excluding carboxylic acids is 3. The number of nitrogens with two attached hydrogens (primary N) is 1. The molecule has 4 N–H and O–H groups in total. The van der Waals surface area contributed by atoms with Gasteiger partial charge in [0, 0.05) is 22.5 Å².